The lowest BCUT2D eigenvalue weighted by atomic mass is 10.2. The molecule has 0 aliphatic heterocycles. The summed E-state index contributed by atoms with van der Waals surface area (Å²) in [5.41, 5.74) is 8.74. The maximum Gasteiger partial charge on any atom is 0.232 e. The minimum Gasteiger partial charge on any atom is -0.368 e. The number of rotatable bonds is 6. The Morgan fingerprint density at radius 2 is 1.81 bits per heavy atom. The Bertz CT molecular complexity index is 881. The number of aromatic nitrogens is 3. The van der Waals surface area contributed by atoms with Gasteiger partial charge in [0.1, 0.15) is 11.6 Å². The first-order valence-electron chi connectivity index (χ1n) is 8.25. The van der Waals surface area contributed by atoms with Crippen LogP contribution in [-0.2, 0) is 13.1 Å². The van der Waals surface area contributed by atoms with E-state index < -0.39 is 0 Å². The Balaban J connectivity index is 1.69. The highest BCUT2D eigenvalue weighted by Crippen LogP contribution is 2.15. The third-order valence-electron chi connectivity index (χ3n) is 3.76. The van der Waals surface area contributed by atoms with Crippen molar-refractivity contribution in [1.82, 2.24) is 19.9 Å². The highest BCUT2D eigenvalue weighted by Gasteiger charge is 2.09. The molecule has 0 fully saturated rings. The second-order valence-corrected chi connectivity index (χ2v) is 6.23. The fraction of sp³-hybridized carbons (Fsp3) is 0.211. The molecule has 0 radical (unpaired) electrons. The normalized spacial score (nSPS) is 10.9. The summed E-state index contributed by atoms with van der Waals surface area (Å²) in [6.07, 6.45) is 0. The zero-order valence-corrected chi connectivity index (χ0v) is 14.8. The second kappa shape index (κ2) is 7.88. The Morgan fingerprint density at radius 3 is 2.54 bits per heavy atom. The number of nitrogens with zero attached hydrogens (tertiary/aromatic N) is 4. The van der Waals surface area contributed by atoms with E-state index in [9.17, 15) is 4.39 Å². The standard InChI is InChI=1S/C19H21FN6/c1-13-6-8-16(9-7-13)22-19-24-17(23-18(21)25-19)12-26(2)11-14-4-3-5-15(20)10-14/h3-10H,11-12H2,1-2H3,(H3,21,22,23,24,25). The van der Waals surface area contributed by atoms with Crippen molar-refractivity contribution >= 4 is 17.6 Å². The number of nitrogens with one attached hydrogen (secondary N) is 1. The summed E-state index contributed by atoms with van der Waals surface area (Å²) in [6, 6.07) is 14.4. The SMILES string of the molecule is Cc1ccc(Nc2nc(N)nc(CN(C)Cc3cccc(F)c3)n2)cc1. The first kappa shape index (κ1) is 17.8. The zero-order chi connectivity index (χ0) is 18.5. The van der Waals surface area contributed by atoms with Crippen LogP contribution in [0.3, 0.4) is 0 Å². The van der Waals surface area contributed by atoms with Crippen molar-refractivity contribution in [3.63, 3.8) is 0 Å². The number of nitrogen functional groups attached to an aromatic ring is 1. The van der Waals surface area contributed by atoms with Crippen molar-refractivity contribution < 1.29 is 4.39 Å². The predicted molar refractivity (Wildman–Crippen MR) is 100 cm³/mol. The average molecular weight is 352 g/mol. The first-order chi connectivity index (χ1) is 12.5. The maximum atomic E-state index is 13.3. The fourth-order valence-electron chi connectivity index (χ4n) is 2.57. The Kier molecular flexibility index (Phi) is 5.38. The molecule has 3 aromatic rings. The van der Waals surface area contributed by atoms with E-state index in [-0.39, 0.29) is 11.8 Å². The lowest BCUT2D eigenvalue weighted by molar-refractivity contribution is 0.310. The van der Waals surface area contributed by atoms with Gasteiger partial charge in [-0.25, -0.2) is 4.39 Å². The maximum absolute atomic E-state index is 13.3. The fourth-order valence-corrected chi connectivity index (χ4v) is 2.57. The molecule has 0 spiro atoms. The van der Waals surface area contributed by atoms with Crippen LogP contribution in [0.5, 0.6) is 0 Å². The molecule has 26 heavy (non-hydrogen) atoms. The van der Waals surface area contributed by atoms with Crippen LogP contribution < -0.4 is 11.1 Å². The molecular formula is C19H21FN6. The van der Waals surface area contributed by atoms with E-state index in [0.29, 0.717) is 24.9 Å². The Hall–Kier alpha value is -3.06. The number of benzene rings is 2. The summed E-state index contributed by atoms with van der Waals surface area (Å²) in [4.78, 5) is 14.7. The van der Waals surface area contributed by atoms with Crippen molar-refractivity contribution in [1.29, 1.82) is 0 Å². The van der Waals surface area contributed by atoms with Crippen LogP contribution in [0.4, 0.5) is 22.0 Å². The zero-order valence-electron chi connectivity index (χ0n) is 14.8. The van der Waals surface area contributed by atoms with Crippen molar-refractivity contribution in [3.8, 4) is 0 Å². The van der Waals surface area contributed by atoms with Gasteiger partial charge >= 0.3 is 0 Å². The number of halogens is 1. The second-order valence-electron chi connectivity index (χ2n) is 6.23. The first-order valence-corrected chi connectivity index (χ1v) is 8.25. The van der Waals surface area contributed by atoms with Gasteiger partial charge in [-0.2, -0.15) is 15.0 Å². The van der Waals surface area contributed by atoms with Crippen molar-refractivity contribution in [2.75, 3.05) is 18.1 Å². The molecule has 2 aromatic carbocycles. The minimum atomic E-state index is -0.245. The molecule has 0 amide bonds. The summed E-state index contributed by atoms with van der Waals surface area (Å²) >= 11 is 0. The van der Waals surface area contributed by atoms with Gasteiger partial charge in [0.05, 0.1) is 6.54 Å². The third kappa shape index (κ3) is 4.97. The van der Waals surface area contributed by atoms with Gasteiger partial charge in [-0.05, 0) is 43.8 Å². The van der Waals surface area contributed by atoms with Crippen LogP contribution in [-0.4, -0.2) is 26.9 Å². The molecule has 0 aliphatic carbocycles. The molecule has 6 nitrogen and oxygen atoms in total. The molecule has 134 valence electrons. The smallest absolute Gasteiger partial charge is 0.232 e. The van der Waals surface area contributed by atoms with Crippen LogP contribution in [0.25, 0.3) is 0 Å². The molecular weight excluding hydrogens is 331 g/mol. The summed E-state index contributed by atoms with van der Waals surface area (Å²) in [7, 11) is 1.91. The average Bonchev–Trinajstić information content (AvgIpc) is 2.56. The molecule has 1 aromatic heterocycles. The van der Waals surface area contributed by atoms with E-state index in [1.807, 2.05) is 49.2 Å². The van der Waals surface area contributed by atoms with E-state index in [1.165, 1.54) is 17.7 Å². The van der Waals surface area contributed by atoms with Gasteiger partial charge in [-0.3, -0.25) is 4.90 Å². The topological polar surface area (TPSA) is 80.0 Å². The van der Waals surface area contributed by atoms with Crippen LogP contribution >= 0.6 is 0 Å². The number of aryl methyl sites for hydroxylation is 1. The molecule has 1 heterocycles. The predicted octanol–water partition coefficient (Wildman–Crippen LogP) is 3.28. The van der Waals surface area contributed by atoms with Crippen molar-refractivity contribution in [3.05, 3.63) is 71.3 Å². The van der Waals surface area contributed by atoms with Gasteiger partial charge in [0.15, 0.2) is 0 Å². The highest BCUT2D eigenvalue weighted by atomic mass is 19.1. The molecule has 3 N–H and O–H groups in total. The van der Waals surface area contributed by atoms with E-state index in [1.54, 1.807) is 6.07 Å². The van der Waals surface area contributed by atoms with Gasteiger partial charge < -0.3 is 11.1 Å². The van der Waals surface area contributed by atoms with Crippen LogP contribution in [0.2, 0.25) is 0 Å². The molecule has 0 saturated heterocycles. The summed E-state index contributed by atoms with van der Waals surface area (Å²) in [5.74, 6) is 0.857. The van der Waals surface area contributed by atoms with Gasteiger partial charge in [0.2, 0.25) is 11.9 Å². The third-order valence-corrected chi connectivity index (χ3v) is 3.76. The molecule has 0 unspecified atom stereocenters. The molecule has 3 rings (SSSR count). The van der Waals surface area contributed by atoms with Gasteiger partial charge in [0.25, 0.3) is 0 Å². The largest absolute Gasteiger partial charge is 0.368 e. The molecule has 0 aliphatic rings. The van der Waals surface area contributed by atoms with Crippen LogP contribution in [0.15, 0.2) is 48.5 Å². The van der Waals surface area contributed by atoms with Crippen LogP contribution in [0.1, 0.15) is 17.0 Å². The van der Waals surface area contributed by atoms with Crippen LogP contribution in [0, 0.1) is 12.7 Å². The Labute approximate surface area is 151 Å². The lowest BCUT2D eigenvalue weighted by Gasteiger charge is -2.16. The molecule has 7 heteroatoms. The van der Waals surface area contributed by atoms with E-state index in [2.05, 4.69) is 20.3 Å². The summed E-state index contributed by atoms with van der Waals surface area (Å²) in [6.45, 7) is 3.06. The molecule has 0 saturated carbocycles. The van der Waals surface area contributed by atoms with Crippen molar-refractivity contribution in [2.24, 2.45) is 0 Å². The van der Waals surface area contributed by atoms with Gasteiger partial charge in [0, 0.05) is 12.2 Å². The lowest BCUT2D eigenvalue weighted by Crippen LogP contribution is -2.20. The minimum absolute atomic E-state index is 0.156. The van der Waals surface area contributed by atoms with Gasteiger partial charge in [-0.15, -0.1) is 0 Å². The van der Waals surface area contributed by atoms with E-state index >= 15 is 0 Å². The number of nitrogens with two attached hydrogens (primary N) is 1. The number of hydrogen-bond donors (Lipinski definition) is 2. The monoisotopic (exact) mass is 352 g/mol. The number of hydrogen-bond acceptors (Lipinski definition) is 6. The van der Waals surface area contributed by atoms with Crippen molar-refractivity contribution in [2.45, 2.75) is 20.0 Å². The number of anilines is 3. The molecule has 0 bridgehead atoms. The van der Waals surface area contributed by atoms with E-state index in [4.69, 9.17) is 5.73 Å². The summed E-state index contributed by atoms with van der Waals surface area (Å²) < 4.78 is 13.3. The quantitative estimate of drug-likeness (QED) is 0.709. The Morgan fingerprint density at radius 1 is 1.04 bits per heavy atom. The summed E-state index contributed by atoms with van der Waals surface area (Å²) in [5, 5.41) is 3.13. The molecule has 0 atom stereocenters. The van der Waals surface area contributed by atoms with Gasteiger partial charge in [-0.1, -0.05) is 29.8 Å². The van der Waals surface area contributed by atoms with E-state index in [0.717, 1.165) is 11.3 Å². The highest BCUT2D eigenvalue weighted by molar-refractivity contribution is 5.54.